The highest BCUT2D eigenvalue weighted by Crippen LogP contribution is 2.36. The van der Waals surface area contributed by atoms with E-state index in [0.29, 0.717) is 30.0 Å². The average Bonchev–Trinajstić information content (AvgIpc) is 3.83. The summed E-state index contributed by atoms with van der Waals surface area (Å²) >= 11 is 1.57. The molecule has 1 aliphatic rings. The monoisotopic (exact) mass is 640 g/mol. The average molecular weight is 641 g/mol. The zero-order valence-corrected chi connectivity index (χ0v) is 27.2. The number of pyridine rings is 1. The summed E-state index contributed by atoms with van der Waals surface area (Å²) < 4.78 is 13.5. The zero-order valence-electron chi connectivity index (χ0n) is 26.4. The van der Waals surface area contributed by atoms with E-state index in [1.54, 1.807) is 74.5 Å². The van der Waals surface area contributed by atoms with Gasteiger partial charge in [0.2, 0.25) is 5.89 Å². The highest BCUT2D eigenvalue weighted by atomic mass is 32.1. The number of carbonyl (C=O) groups is 2. The van der Waals surface area contributed by atoms with Crippen molar-refractivity contribution in [3.8, 4) is 17.4 Å². The molecule has 1 aromatic carbocycles. The number of nitrogens with zero attached hydrogens (tertiary/aromatic N) is 7. The maximum absolute atomic E-state index is 14.1. The number of nitrogens with one attached hydrogen (secondary N) is 1. The van der Waals surface area contributed by atoms with Gasteiger partial charge in [-0.05, 0) is 65.2 Å². The third-order valence-electron chi connectivity index (χ3n) is 7.56. The fourth-order valence-electron chi connectivity index (χ4n) is 5.49. The fourth-order valence-corrected chi connectivity index (χ4v) is 6.43. The van der Waals surface area contributed by atoms with Crippen LogP contribution in [0.2, 0.25) is 0 Å². The summed E-state index contributed by atoms with van der Waals surface area (Å²) in [5.74, 6) is 0.599. The summed E-state index contributed by atoms with van der Waals surface area (Å²) in [6.07, 6.45) is 6.47. The van der Waals surface area contributed by atoms with E-state index in [0.717, 1.165) is 29.1 Å². The minimum Gasteiger partial charge on any atom is -0.444 e. The molecule has 5 heterocycles. The Balaban J connectivity index is 1.36. The first-order valence-electron chi connectivity index (χ1n) is 15.1. The van der Waals surface area contributed by atoms with E-state index < -0.39 is 17.2 Å². The molecule has 1 aliphatic heterocycles. The number of likely N-dealkylation sites (tertiary alicyclic amines) is 1. The minimum atomic E-state index is -1.12. The van der Waals surface area contributed by atoms with E-state index in [-0.39, 0.29) is 23.7 Å². The summed E-state index contributed by atoms with van der Waals surface area (Å²) in [5.41, 5.74) is 0.806. The van der Waals surface area contributed by atoms with Gasteiger partial charge in [-0.3, -0.25) is 9.36 Å². The van der Waals surface area contributed by atoms with Crippen LogP contribution in [0.5, 0.6) is 0 Å². The molecule has 46 heavy (non-hydrogen) atoms. The Morgan fingerprint density at radius 2 is 1.91 bits per heavy atom. The lowest BCUT2D eigenvalue weighted by atomic mass is 9.92. The van der Waals surface area contributed by atoms with Crippen molar-refractivity contribution >= 4 is 23.3 Å². The molecule has 4 aromatic heterocycles. The van der Waals surface area contributed by atoms with Gasteiger partial charge in [0.25, 0.3) is 11.8 Å². The molecule has 1 saturated heterocycles. The first-order valence-corrected chi connectivity index (χ1v) is 16.0. The van der Waals surface area contributed by atoms with Crippen LogP contribution >= 0.6 is 11.3 Å². The van der Waals surface area contributed by atoms with E-state index in [1.807, 2.05) is 47.5 Å². The Morgan fingerprint density at radius 1 is 1.11 bits per heavy atom. The van der Waals surface area contributed by atoms with E-state index in [1.165, 1.54) is 0 Å². The maximum Gasteiger partial charge on any atom is 0.408 e. The number of carbonyl (C=O) groups excluding carboxylic acids is 2. The standard InChI is InChI=1S/C33H36N8O4S/c1-21-19-46-28(35-21)25-12-9-14-41(25)29(42)23-16-24(36-26(17-23)40-15-13-34-20-40)27-38-39-30(44-27)33(5,18-22-10-7-6-8-11-22)37-31(43)45-32(2,3)4/h6-8,10-11,13,15-17,19-20,25H,9,12,14,18H2,1-5H3,(H,37,43)/t25-,33?/m1/s1. The van der Waals surface area contributed by atoms with Crippen LogP contribution in [0.1, 0.15) is 79.1 Å². The molecule has 12 nitrogen and oxygen atoms in total. The number of hydrogen-bond donors (Lipinski definition) is 1. The Morgan fingerprint density at radius 3 is 2.61 bits per heavy atom. The zero-order chi connectivity index (χ0) is 32.5. The van der Waals surface area contributed by atoms with Crippen LogP contribution < -0.4 is 5.32 Å². The SMILES string of the molecule is Cc1csc([C@H]2CCCN2C(=O)c2cc(-c3nnc(C(C)(Cc4ccccc4)NC(=O)OC(C)(C)C)o3)nc(-n3ccnc3)c2)n1. The molecule has 6 rings (SSSR count). The number of aromatic nitrogens is 6. The summed E-state index contributed by atoms with van der Waals surface area (Å²) in [6.45, 7) is 9.78. The number of rotatable bonds is 8. The lowest BCUT2D eigenvalue weighted by Crippen LogP contribution is -2.47. The van der Waals surface area contributed by atoms with Crippen molar-refractivity contribution < 1.29 is 18.7 Å². The van der Waals surface area contributed by atoms with Gasteiger partial charge in [-0.25, -0.2) is 19.7 Å². The van der Waals surface area contributed by atoms with E-state index in [4.69, 9.17) is 14.1 Å². The number of thiazole rings is 1. The van der Waals surface area contributed by atoms with Crippen molar-refractivity contribution in [3.05, 3.63) is 94.3 Å². The fraction of sp³-hybridized carbons (Fsp3) is 0.364. The highest BCUT2D eigenvalue weighted by Gasteiger charge is 2.37. The number of imidazole rings is 1. The lowest BCUT2D eigenvalue weighted by molar-refractivity contribution is 0.0443. The number of benzene rings is 1. The second kappa shape index (κ2) is 12.5. The Kier molecular flexibility index (Phi) is 8.43. The number of hydrogen-bond acceptors (Lipinski definition) is 10. The predicted octanol–water partition coefficient (Wildman–Crippen LogP) is 6.04. The van der Waals surface area contributed by atoms with Crippen LogP contribution in [0.3, 0.4) is 0 Å². The van der Waals surface area contributed by atoms with E-state index in [9.17, 15) is 9.59 Å². The van der Waals surface area contributed by atoms with Crippen molar-refractivity contribution in [1.29, 1.82) is 0 Å². The molecule has 1 unspecified atom stereocenters. The highest BCUT2D eigenvalue weighted by molar-refractivity contribution is 7.09. The van der Waals surface area contributed by atoms with Gasteiger partial charge < -0.3 is 19.4 Å². The maximum atomic E-state index is 14.1. The molecule has 0 saturated carbocycles. The lowest BCUT2D eigenvalue weighted by Gasteiger charge is -2.29. The number of ether oxygens (including phenoxy) is 1. The molecule has 1 fully saturated rings. The van der Waals surface area contributed by atoms with Gasteiger partial charge in [-0.15, -0.1) is 21.5 Å². The third kappa shape index (κ3) is 6.84. The Bertz CT molecular complexity index is 1830. The van der Waals surface area contributed by atoms with Gasteiger partial charge in [0.05, 0.1) is 6.04 Å². The van der Waals surface area contributed by atoms with Crippen LogP contribution in [0.15, 0.2) is 71.0 Å². The van der Waals surface area contributed by atoms with Gasteiger partial charge in [-0.2, -0.15) is 0 Å². The smallest absolute Gasteiger partial charge is 0.408 e. The van der Waals surface area contributed by atoms with Gasteiger partial charge in [0, 0.05) is 42.0 Å². The van der Waals surface area contributed by atoms with Crippen LogP contribution in [-0.4, -0.2) is 58.8 Å². The van der Waals surface area contributed by atoms with Crippen molar-refractivity contribution in [1.82, 2.24) is 39.9 Å². The van der Waals surface area contributed by atoms with Crippen molar-refractivity contribution in [2.75, 3.05) is 6.54 Å². The topological polar surface area (TPSA) is 141 Å². The molecule has 1 N–H and O–H groups in total. The second-order valence-electron chi connectivity index (χ2n) is 12.6. The van der Waals surface area contributed by atoms with Gasteiger partial charge in [0.1, 0.15) is 34.0 Å². The van der Waals surface area contributed by atoms with E-state index in [2.05, 4.69) is 25.5 Å². The number of amides is 2. The van der Waals surface area contributed by atoms with Gasteiger partial charge in [-0.1, -0.05) is 30.3 Å². The van der Waals surface area contributed by atoms with Crippen LogP contribution in [0.25, 0.3) is 17.4 Å². The minimum absolute atomic E-state index is 0.0906. The first kappa shape index (κ1) is 31.1. The molecule has 2 amide bonds. The quantitative estimate of drug-likeness (QED) is 0.215. The molecule has 0 radical (unpaired) electrons. The summed E-state index contributed by atoms with van der Waals surface area (Å²) in [5, 5.41) is 14.6. The van der Waals surface area contributed by atoms with Gasteiger partial charge in [0.15, 0.2) is 0 Å². The third-order valence-corrected chi connectivity index (χ3v) is 8.62. The van der Waals surface area contributed by atoms with E-state index >= 15 is 0 Å². The molecule has 5 aromatic rings. The number of alkyl carbamates (subject to hydrolysis) is 1. The van der Waals surface area contributed by atoms with Crippen LogP contribution in [0.4, 0.5) is 4.79 Å². The van der Waals surface area contributed by atoms with Gasteiger partial charge >= 0.3 is 6.09 Å². The predicted molar refractivity (Wildman–Crippen MR) is 171 cm³/mol. The molecule has 2 atom stereocenters. The van der Waals surface area contributed by atoms with Crippen molar-refractivity contribution in [2.45, 2.75) is 71.1 Å². The van der Waals surface area contributed by atoms with Crippen molar-refractivity contribution in [2.24, 2.45) is 0 Å². The Hall–Kier alpha value is -4.91. The molecule has 238 valence electrons. The van der Waals surface area contributed by atoms with Crippen LogP contribution in [0, 0.1) is 6.92 Å². The largest absolute Gasteiger partial charge is 0.444 e. The summed E-state index contributed by atoms with van der Waals surface area (Å²) in [7, 11) is 0. The molecule has 0 bridgehead atoms. The normalized spacial score (nSPS) is 16.3. The summed E-state index contributed by atoms with van der Waals surface area (Å²) in [6, 6.07) is 13.0. The first-order chi connectivity index (χ1) is 22.0. The Labute approximate surface area is 270 Å². The molecule has 0 aliphatic carbocycles. The molecule has 0 spiro atoms. The second-order valence-corrected chi connectivity index (χ2v) is 13.5. The van der Waals surface area contributed by atoms with Crippen LogP contribution in [-0.2, 0) is 16.7 Å². The summed E-state index contributed by atoms with van der Waals surface area (Å²) in [4.78, 5) is 42.5. The molecule has 13 heteroatoms. The van der Waals surface area contributed by atoms with Crippen molar-refractivity contribution in [3.63, 3.8) is 0 Å². The molecular formula is C33H36N8O4S. The number of aryl methyl sites for hydroxylation is 1. The molecular weight excluding hydrogens is 604 g/mol.